The fourth-order valence-electron chi connectivity index (χ4n) is 2.49. The van der Waals surface area contributed by atoms with Gasteiger partial charge in [0.2, 0.25) is 4.90 Å². The Morgan fingerprint density at radius 2 is 1.40 bits per heavy atom. The molecule has 0 aliphatic rings. The van der Waals surface area contributed by atoms with Gasteiger partial charge < -0.3 is 14.6 Å². The van der Waals surface area contributed by atoms with Crippen molar-refractivity contribution in [2.24, 2.45) is 0 Å². The zero-order chi connectivity index (χ0) is 17.5. The molecule has 3 aromatic carbocycles. The predicted octanol–water partition coefficient (Wildman–Crippen LogP) is 4.51. The summed E-state index contributed by atoms with van der Waals surface area (Å²) in [5.41, 5.74) is 0. The molecule has 0 saturated carbocycles. The molecule has 0 fully saturated rings. The number of rotatable bonds is 7. The third-order valence-corrected chi connectivity index (χ3v) is 5.95. The van der Waals surface area contributed by atoms with Crippen molar-refractivity contribution >= 4 is 10.9 Å². The Morgan fingerprint density at radius 1 is 0.760 bits per heavy atom. The fraction of sp³-hybridized carbons (Fsp3) is 0.143. The smallest absolute Gasteiger partial charge is 0.208 e. The van der Waals surface area contributed by atoms with Crippen molar-refractivity contribution in [3.8, 4) is 11.5 Å². The van der Waals surface area contributed by atoms with Crippen LogP contribution in [0.2, 0.25) is 0 Å². The SMILES string of the molecule is COCCOc1ccc([S+](c2ccccc2)c2ccccc2O)cc1. The Kier molecular flexibility index (Phi) is 5.99. The van der Waals surface area contributed by atoms with Crippen molar-refractivity contribution in [2.45, 2.75) is 14.7 Å². The van der Waals surface area contributed by atoms with Crippen LogP contribution in [0, 0.1) is 0 Å². The minimum absolute atomic E-state index is 0.315. The minimum Gasteiger partial charge on any atom is -0.503 e. The molecule has 1 N–H and O–H groups in total. The maximum atomic E-state index is 10.4. The molecule has 3 nitrogen and oxygen atoms in total. The van der Waals surface area contributed by atoms with Crippen LogP contribution in [-0.4, -0.2) is 25.4 Å². The summed E-state index contributed by atoms with van der Waals surface area (Å²) in [6.07, 6.45) is 0. The average molecular weight is 353 g/mol. The first-order chi connectivity index (χ1) is 12.3. The van der Waals surface area contributed by atoms with Gasteiger partial charge in [0.25, 0.3) is 0 Å². The number of phenols is 1. The van der Waals surface area contributed by atoms with Gasteiger partial charge in [-0.15, -0.1) is 0 Å². The molecule has 3 aromatic rings. The van der Waals surface area contributed by atoms with E-state index >= 15 is 0 Å². The molecule has 0 amide bonds. The van der Waals surface area contributed by atoms with Gasteiger partial charge in [-0.2, -0.15) is 0 Å². The monoisotopic (exact) mass is 353 g/mol. The van der Waals surface area contributed by atoms with Gasteiger partial charge in [-0.3, -0.25) is 0 Å². The lowest BCUT2D eigenvalue weighted by Crippen LogP contribution is -2.06. The van der Waals surface area contributed by atoms with Gasteiger partial charge in [-0.25, -0.2) is 0 Å². The molecule has 0 aliphatic heterocycles. The molecule has 3 rings (SSSR count). The molecule has 0 saturated heterocycles. The maximum Gasteiger partial charge on any atom is 0.208 e. The van der Waals surface area contributed by atoms with Gasteiger partial charge >= 0.3 is 0 Å². The molecule has 0 aliphatic carbocycles. The Morgan fingerprint density at radius 3 is 2.08 bits per heavy atom. The number of para-hydroxylation sites is 1. The average Bonchev–Trinajstić information content (AvgIpc) is 2.66. The lowest BCUT2D eigenvalue weighted by molar-refractivity contribution is 0.146. The standard InChI is InChI=1S/C21H20O3S/c1-23-15-16-24-17-11-13-19(14-12-17)25(18-7-3-2-4-8-18)21-10-6-5-9-20(21)22/h2-14H,15-16H2,1H3/p+1. The van der Waals surface area contributed by atoms with E-state index in [0.29, 0.717) is 19.0 Å². The summed E-state index contributed by atoms with van der Waals surface area (Å²) in [4.78, 5) is 3.21. The van der Waals surface area contributed by atoms with E-state index in [1.807, 2.05) is 48.5 Å². The number of hydrogen-bond donors (Lipinski definition) is 1. The second-order valence-corrected chi connectivity index (χ2v) is 7.39. The lowest BCUT2D eigenvalue weighted by Gasteiger charge is -2.10. The third kappa shape index (κ3) is 4.35. The highest BCUT2D eigenvalue weighted by atomic mass is 32.2. The normalized spacial score (nSPS) is 11.9. The van der Waals surface area contributed by atoms with Crippen LogP contribution in [0.1, 0.15) is 0 Å². The molecule has 128 valence electrons. The zero-order valence-electron chi connectivity index (χ0n) is 14.1. The molecular formula is C21H21O3S+. The summed E-state index contributed by atoms with van der Waals surface area (Å²) in [6.45, 7) is 1.09. The molecule has 1 unspecified atom stereocenters. The van der Waals surface area contributed by atoms with E-state index in [0.717, 1.165) is 20.4 Å². The topological polar surface area (TPSA) is 38.7 Å². The van der Waals surface area contributed by atoms with Crippen LogP contribution in [0.5, 0.6) is 11.5 Å². The Balaban J connectivity index is 1.94. The van der Waals surface area contributed by atoms with Gasteiger partial charge in [0.05, 0.1) is 6.61 Å². The highest BCUT2D eigenvalue weighted by Gasteiger charge is 2.31. The zero-order valence-corrected chi connectivity index (χ0v) is 14.9. The van der Waals surface area contributed by atoms with Crippen molar-refractivity contribution in [1.29, 1.82) is 0 Å². The Bertz CT molecular complexity index is 788. The van der Waals surface area contributed by atoms with E-state index in [1.165, 1.54) is 0 Å². The summed E-state index contributed by atoms with van der Waals surface area (Å²) >= 11 is 0. The molecule has 4 heteroatoms. The molecular weight excluding hydrogens is 332 g/mol. The van der Waals surface area contributed by atoms with Crippen LogP contribution in [0.25, 0.3) is 0 Å². The van der Waals surface area contributed by atoms with E-state index < -0.39 is 0 Å². The summed E-state index contributed by atoms with van der Waals surface area (Å²) in [5, 5.41) is 10.4. The van der Waals surface area contributed by atoms with E-state index in [4.69, 9.17) is 9.47 Å². The van der Waals surface area contributed by atoms with Crippen LogP contribution < -0.4 is 4.74 Å². The van der Waals surface area contributed by atoms with Gasteiger partial charge in [0.1, 0.15) is 23.3 Å². The van der Waals surface area contributed by atoms with E-state index in [2.05, 4.69) is 24.3 Å². The van der Waals surface area contributed by atoms with Crippen LogP contribution in [0.4, 0.5) is 0 Å². The molecule has 0 aromatic heterocycles. The molecule has 0 radical (unpaired) electrons. The quantitative estimate of drug-likeness (QED) is 0.502. The highest BCUT2D eigenvalue weighted by Crippen LogP contribution is 2.36. The van der Waals surface area contributed by atoms with Crippen molar-refractivity contribution in [1.82, 2.24) is 0 Å². The first kappa shape index (κ1) is 17.4. The summed E-state index contributed by atoms with van der Waals surface area (Å²) < 4.78 is 10.6. The first-order valence-electron chi connectivity index (χ1n) is 8.09. The minimum atomic E-state index is -0.372. The molecule has 1 atom stereocenters. The van der Waals surface area contributed by atoms with E-state index in [-0.39, 0.29) is 10.9 Å². The van der Waals surface area contributed by atoms with Gasteiger partial charge in [0, 0.05) is 7.11 Å². The molecule has 0 bridgehead atoms. The second-order valence-electron chi connectivity index (χ2n) is 5.40. The lowest BCUT2D eigenvalue weighted by atomic mass is 10.3. The highest BCUT2D eigenvalue weighted by molar-refractivity contribution is 7.97. The maximum absolute atomic E-state index is 10.4. The number of aromatic hydroxyl groups is 1. The van der Waals surface area contributed by atoms with Gasteiger partial charge in [-0.05, 0) is 48.5 Å². The van der Waals surface area contributed by atoms with Gasteiger partial charge in [0.15, 0.2) is 15.5 Å². The fourth-order valence-corrected chi connectivity index (χ4v) is 4.60. The van der Waals surface area contributed by atoms with Crippen molar-refractivity contribution in [3.63, 3.8) is 0 Å². The second kappa shape index (κ2) is 8.60. The van der Waals surface area contributed by atoms with E-state index in [1.54, 1.807) is 13.2 Å². The first-order valence-corrected chi connectivity index (χ1v) is 9.31. The molecule has 0 heterocycles. The number of phenolic OH excluding ortho intramolecular Hbond substituents is 1. The predicted molar refractivity (Wildman–Crippen MR) is 101 cm³/mol. The van der Waals surface area contributed by atoms with Crippen LogP contribution >= 0.6 is 0 Å². The summed E-state index contributed by atoms with van der Waals surface area (Å²) in [7, 11) is 1.29. The van der Waals surface area contributed by atoms with E-state index in [9.17, 15) is 5.11 Å². The van der Waals surface area contributed by atoms with Crippen LogP contribution in [0.15, 0.2) is 93.5 Å². The van der Waals surface area contributed by atoms with Crippen molar-refractivity contribution in [2.75, 3.05) is 20.3 Å². The number of methoxy groups -OCH3 is 1. The largest absolute Gasteiger partial charge is 0.503 e. The van der Waals surface area contributed by atoms with Crippen LogP contribution in [-0.2, 0) is 15.6 Å². The molecule has 25 heavy (non-hydrogen) atoms. The Hall–Kier alpha value is -2.43. The van der Waals surface area contributed by atoms with Gasteiger partial charge in [-0.1, -0.05) is 30.3 Å². The number of ether oxygens (including phenoxy) is 2. The van der Waals surface area contributed by atoms with Crippen LogP contribution in [0.3, 0.4) is 0 Å². The number of benzene rings is 3. The summed E-state index contributed by atoms with van der Waals surface area (Å²) in [6, 6.07) is 25.8. The Labute approximate surface area is 151 Å². The van der Waals surface area contributed by atoms with Crippen molar-refractivity contribution in [3.05, 3.63) is 78.9 Å². The van der Waals surface area contributed by atoms with Crippen molar-refractivity contribution < 1.29 is 14.6 Å². The third-order valence-electron chi connectivity index (χ3n) is 3.68. The molecule has 0 spiro atoms. The number of hydrogen-bond acceptors (Lipinski definition) is 3. The summed E-state index contributed by atoms with van der Waals surface area (Å²) in [5.74, 6) is 1.13.